The molecule has 0 aromatic rings. The number of nitrogens with one attached hydrogen (secondary N) is 2. The normalized spacial score (nSPS) is 46.1. The molecule has 168 valence electrons. The molecule has 0 aromatic carbocycles. The van der Waals surface area contributed by atoms with Gasteiger partial charge in [0.25, 0.3) is 0 Å². The first-order valence-corrected chi connectivity index (χ1v) is 12.1. The van der Waals surface area contributed by atoms with E-state index in [4.69, 9.17) is 0 Å². The number of piperazine rings is 1. The molecule has 2 saturated carbocycles. The molecule has 2 amide bonds. The highest BCUT2D eigenvalue weighted by molar-refractivity contribution is 5.82. The van der Waals surface area contributed by atoms with E-state index in [-0.39, 0.29) is 35.9 Å². The third-order valence-corrected chi connectivity index (χ3v) is 8.75. The zero-order valence-corrected chi connectivity index (χ0v) is 18.4. The van der Waals surface area contributed by atoms with E-state index < -0.39 is 6.17 Å². The second-order valence-corrected chi connectivity index (χ2v) is 10.7. The highest BCUT2D eigenvalue weighted by Crippen LogP contribution is 2.39. The van der Waals surface area contributed by atoms with Gasteiger partial charge in [-0.2, -0.15) is 0 Å². The molecule has 4 saturated heterocycles. The van der Waals surface area contributed by atoms with Crippen LogP contribution < -0.4 is 10.6 Å². The predicted octanol–water partition coefficient (Wildman–Crippen LogP) is 1.83. The van der Waals surface area contributed by atoms with Gasteiger partial charge >= 0.3 is 0 Å². The summed E-state index contributed by atoms with van der Waals surface area (Å²) in [5.41, 5.74) is 0. The maximum absolute atomic E-state index is 14.4. The fraction of sp³-hybridized carbons (Fsp3) is 0.913. The number of hydrogen-bond acceptors (Lipinski definition) is 4. The summed E-state index contributed by atoms with van der Waals surface area (Å²) >= 11 is 0. The SMILES string of the molecule is CC(=O)N1C2CC1CN(C1CCCC(NC(=O)C3CC4C(F)CCC(C)C4N3)C1)C2. The number of alkyl halides is 1. The molecular weight excluding hydrogens is 383 g/mol. The summed E-state index contributed by atoms with van der Waals surface area (Å²) in [5, 5.41) is 6.77. The minimum Gasteiger partial charge on any atom is -0.352 e. The molecule has 0 aromatic heterocycles. The van der Waals surface area contributed by atoms with E-state index in [0.717, 1.165) is 45.2 Å². The largest absolute Gasteiger partial charge is 0.352 e. The molecule has 2 aliphatic carbocycles. The van der Waals surface area contributed by atoms with E-state index in [2.05, 4.69) is 27.4 Å². The molecule has 0 radical (unpaired) electrons. The van der Waals surface area contributed by atoms with Crippen molar-refractivity contribution in [2.45, 2.75) is 108 Å². The lowest BCUT2D eigenvalue weighted by molar-refractivity contribution is -0.154. The average molecular weight is 421 g/mol. The Bertz CT molecular complexity index is 660. The quantitative estimate of drug-likeness (QED) is 0.731. The fourth-order valence-corrected chi connectivity index (χ4v) is 7.18. The highest BCUT2D eigenvalue weighted by atomic mass is 19.1. The van der Waals surface area contributed by atoms with Gasteiger partial charge in [0.15, 0.2) is 0 Å². The number of piperidine rings is 1. The number of hydrogen-bond donors (Lipinski definition) is 2. The third kappa shape index (κ3) is 3.66. The van der Waals surface area contributed by atoms with Crippen LogP contribution in [0.2, 0.25) is 0 Å². The maximum Gasteiger partial charge on any atom is 0.237 e. The number of halogens is 1. The van der Waals surface area contributed by atoms with Gasteiger partial charge in [-0.25, -0.2) is 4.39 Å². The minimum atomic E-state index is -0.768. The maximum atomic E-state index is 14.4. The van der Waals surface area contributed by atoms with Crippen LogP contribution in [-0.4, -0.2) is 77.1 Å². The number of nitrogens with zero attached hydrogens (tertiary/aromatic N) is 2. The van der Waals surface area contributed by atoms with Crippen LogP contribution in [0.25, 0.3) is 0 Å². The van der Waals surface area contributed by atoms with Crippen LogP contribution in [0.1, 0.15) is 65.2 Å². The van der Waals surface area contributed by atoms with Gasteiger partial charge in [0, 0.05) is 56.1 Å². The summed E-state index contributed by atoms with van der Waals surface area (Å²) in [6.07, 6.45) is 6.90. The zero-order valence-electron chi connectivity index (χ0n) is 18.4. The highest BCUT2D eigenvalue weighted by Gasteiger charge is 2.48. The van der Waals surface area contributed by atoms with Crippen molar-refractivity contribution < 1.29 is 14.0 Å². The van der Waals surface area contributed by atoms with Gasteiger partial charge in [0.05, 0.1) is 6.04 Å². The number of carbonyl (C=O) groups is 2. The molecule has 9 unspecified atom stereocenters. The Labute approximate surface area is 179 Å². The molecule has 6 fully saturated rings. The Morgan fingerprint density at radius 2 is 1.77 bits per heavy atom. The molecule has 4 aliphatic heterocycles. The monoisotopic (exact) mass is 420 g/mol. The van der Waals surface area contributed by atoms with Gasteiger partial charge in [-0.15, -0.1) is 0 Å². The Morgan fingerprint density at radius 1 is 1.00 bits per heavy atom. The Kier molecular flexibility index (Phi) is 5.55. The standard InChI is InChI=1S/C23H37FN4O2/c1-13-6-7-20(24)19-10-21(26-22(13)19)23(30)25-15-4-3-5-16(8-15)27-11-17-9-18(12-27)28(17)14(2)29/h13,15-22,26H,3-12H2,1-2H3,(H,25,30). The van der Waals surface area contributed by atoms with Crippen molar-refractivity contribution in [2.75, 3.05) is 13.1 Å². The average Bonchev–Trinajstić information content (AvgIpc) is 3.18. The van der Waals surface area contributed by atoms with Crippen LogP contribution in [0, 0.1) is 11.8 Å². The number of fused-ring (bicyclic) bond motifs is 3. The van der Waals surface area contributed by atoms with E-state index in [0.29, 0.717) is 36.9 Å². The van der Waals surface area contributed by atoms with Crippen LogP contribution in [-0.2, 0) is 9.59 Å². The number of carbonyl (C=O) groups excluding carboxylic acids is 2. The summed E-state index contributed by atoms with van der Waals surface area (Å²) < 4.78 is 14.4. The number of rotatable bonds is 3. The zero-order chi connectivity index (χ0) is 21.0. The third-order valence-electron chi connectivity index (χ3n) is 8.75. The minimum absolute atomic E-state index is 0.00657. The van der Waals surface area contributed by atoms with Crippen molar-refractivity contribution in [1.82, 2.24) is 20.4 Å². The van der Waals surface area contributed by atoms with E-state index in [1.54, 1.807) is 6.92 Å². The van der Waals surface area contributed by atoms with Gasteiger partial charge < -0.3 is 15.5 Å². The van der Waals surface area contributed by atoms with E-state index in [1.807, 2.05) is 0 Å². The fourth-order valence-electron chi connectivity index (χ4n) is 7.18. The van der Waals surface area contributed by atoms with Gasteiger partial charge in [-0.05, 0) is 57.3 Å². The van der Waals surface area contributed by atoms with Gasteiger partial charge in [-0.3, -0.25) is 14.5 Å². The summed E-state index contributed by atoms with van der Waals surface area (Å²) in [6.45, 7) is 5.81. The van der Waals surface area contributed by atoms with Crippen molar-refractivity contribution in [3.05, 3.63) is 0 Å². The topological polar surface area (TPSA) is 64.7 Å². The summed E-state index contributed by atoms with van der Waals surface area (Å²) in [7, 11) is 0. The molecule has 2 bridgehead atoms. The molecule has 6 aliphatic rings. The van der Waals surface area contributed by atoms with Crippen LogP contribution in [0.4, 0.5) is 4.39 Å². The summed E-state index contributed by atoms with van der Waals surface area (Å²) in [4.78, 5) is 29.4. The Morgan fingerprint density at radius 3 is 2.47 bits per heavy atom. The van der Waals surface area contributed by atoms with Crippen molar-refractivity contribution in [3.63, 3.8) is 0 Å². The van der Waals surface area contributed by atoms with Gasteiger partial charge in [0.1, 0.15) is 6.17 Å². The Balaban J connectivity index is 1.14. The van der Waals surface area contributed by atoms with Crippen LogP contribution >= 0.6 is 0 Å². The molecule has 6 nitrogen and oxygen atoms in total. The lowest BCUT2D eigenvalue weighted by atomic mass is 9.77. The molecule has 6 rings (SSSR count). The van der Waals surface area contributed by atoms with Gasteiger partial charge in [0.2, 0.25) is 11.8 Å². The van der Waals surface area contributed by atoms with E-state index in [9.17, 15) is 14.0 Å². The first-order chi connectivity index (χ1) is 14.4. The molecule has 2 N–H and O–H groups in total. The molecule has 0 spiro atoms. The van der Waals surface area contributed by atoms with Crippen LogP contribution in [0.5, 0.6) is 0 Å². The lowest BCUT2D eigenvalue weighted by Gasteiger charge is -2.58. The summed E-state index contributed by atoms with van der Waals surface area (Å²) in [5.74, 6) is 0.713. The number of amides is 2. The molecule has 4 heterocycles. The molecule has 9 atom stereocenters. The smallest absolute Gasteiger partial charge is 0.237 e. The second-order valence-electron chi connectivity index (χ2n) is 10.7. The van der Waals surface area contributed by atoms with Crippen molar-refractivity contribution in [3.8, 4) is 0 Å². The van der Waals surface area contributed by atoms with Gasteiger partial charge in [-0.1, -0.05) is 6.92 Å². The first kappa shape index (κ1) is 20.7. The van der Waals surface area contributed by atoms with Crippen molar-refractivity contribution in [2.24, 2.45) is 11.8 Å². The van der Waals surface area contributed by atoms with Crippen molar-refractivity contribution in [1.29, 1.82) is 0 Å². The van der Waals surface area contributed by atoms with Crippen molar-refractivity contribution >= 4 is 11.8 Å². The van der Waals surface area contributed by atoms with E-state index >= 15 is 0 Å². The van der Waals surface area contributed by atoms with Crippen LogP contribution in [0.3, 0.4) is 0 Å². The predicted molar refractivity (Wildman–Crippen MR) is 113 cm³/mol. The van der Waals surface area contributed by atoms with E-state index in [1.165, 1.54) is 6.42 Å². The van der Waals surface area contributed by atoms with Crippen LogP contribution in [0.15, 0.2) is 0 Å². The Hall–Kier alpha value is -1.21. The lowest BCUT2D eigenvalue weighted by Crippen LogP contribution is -2.71. The first-order valence-electron chi connectivity index (χ1n) is 12.1. The summed E-state index contributed by atoms with van der Waals surface area (Å²) in [6, 6.07) is 1.38. The molecular formula is C23H37FN4O2. The molecule has 7 heteroatoms. The second kappa shape index (κ2) is 8.05. The molecule has 30 heavy (non-hydrogen) atoms.